The van der Waals surface area contributed by atoms with E-state index >= 15 is 0 Å². The van der Waals surface area contributed by atoms with Crippen LogP contribution in [0.1, 0.15) is 168 Å². The SMILES string of the molecule is CCCCCCCCCCCCCCCCC(C)(O)C[N+](C)(C)CCCCCCCCCCC(=O)O. The molecule has 0 amide bonds. The molecule has 0 fully saturated rings. The van der Waals surface area contributed by atoms with Gasteiger partial charge in [-0.3, -0.25) is 4.79 Å². The smallest absolute Gasteiger partial charge is 0.303 e. The first-order chi connectivity index (χ1) is 17.2. The topological polar surface area (TPSA) is 57.5 Å². The number of hydrogen-bond acceptors (Lipinski definition) is 2. The van der Waals surface area contributed by atoms with Crippen LogP contribution in [0, 0.1) is 0 Å². The van der Waals surface area contributed by atoms with Crippen LogP contribution in [0.5, 0.6) is 0 Å². The Labute approximate surface area is 226 Å². The lowest BCUT2D eigenvalue weighted by molar-refractivity contribution is -0.896. The third-order valence-corrected chi connectivity index (χ3v) is 7.74. The highest BCUT2D eigenvalue weighted by Gasteiger charge is 2.29. The Morgan fingerprint density at radius 1 is 0.611 bits per heavy atom. The molecule has 0 radical (unpaired) electrons. The lowest BCUT2D eigenvalue weighted by Gasteiger charge is -2.36. The second kappa shape index (κ2) is 23.5. The van der Waals surface area contributed by atoms with Crippen LogP contribution in [0.2, 0.25) is 0 Å². The zero-order valence-corrected chi connectivity index (χ0v) is 25.1. The van der Waals surface area contributed by atoms with Crippen LogP contribution in [-0.2, 0) is 4.79 Å². The molecule has 4 nitrogen and oxygen atoms in total. The van der Waals surface area contributed by atoms with Crippen molar-refractivity contribution in [2.45, 2.75) is 174 Å². The average Bonchev–Trinajstić information content (AvgIpc) is 2.79. The van der Waals surface area contributed by atoms with Gasteiger partial charge in [-0.05, 0) is 32.6 Å². The summed E-state index contributed by atoms with van der Waals surface area (Å²) in [4.78, 5) is 10.5. The Morgan fingerprint density at radius 2 is 0.972 bits per heavy atom. The maximum Gasteiger partial charge on any atom is 0.303 e. The fourth-order valence-electron chi connectivity index (χ4n) is 5.66. The van der Waals surface area contributed by atoms with Crippen molar-refractivity contribution in [1.29, 1.82) is 0 Å². The van der Waals surface area contributed by atoms with E-state index in [2.05, 4.69) is 21.0 Å². The summed E-state index contributed by atoms with van der Waals surface area (Å²) in [6, 6.07) is 0. The van der Waals surface area contributed by atoms with E-state index in [0.717, 1.165) is 49.7 Å². The summed E-state index contributed by atoms with van der Waals surface area (Å²) in [5.41, 5.74) is -0.559. The van der Waals surface area contributed by atoms with Crippen molar-refractivity contribution in [2.24, 2.45) is 0 Å². The van der Waals surface area contributed by atoms with Gasteiger partial charge in [0, 0.05) is 6.42 Å². The van der Waals surface area contributed by atoms with Crippen molar-refractivity contribution in [3.63, 3.8) is 0 Å². The number of aliphatic carboxylic acids is 1. The second-order valence-electron chi connectivity index (χ2n) is 12.6. The second-order valence-corrected chi connectivity index (χ2v) is 12.6. The number of nitrogens with zero attached hydrogens (tertiary/aromatic N) is 1. The largest absolute Gasteiger partial charge is 0.481 e. The van der Waals surface area contributed by atoms with Crippen molar-refractivity contribution in [1.82, 2.24) is 0 Å². The lowest BCUT2D eigenvalue weighted by Crippen LogP contribution is -2.50. The minimum absolute atomic E-state index is 0.316. The minimum atomic E-state index is -0.672. The predicted molar refractivity (Wildman–Crippen MR) is 157 cm³/mol. The van der Waals surface area contributed by atoms with Gasteiger partial charge in [0.1, 0.15) is 12.1 Å². The molecule has 0 saturated heterocycles. The van der Waals surface area contributed by atoms with Gasteiger partial charge in [-0.15, -0.1) is 0 Å². The summed E-state index contributed by atoms with van der Waals surface area (Å²) in [6.45, 7) is 6.30. The molecule has 2 N–H and O–H groups in total. The van der Waals surface area contributed by atoms with Gasteiger partial charge in [0.25, 0.3) is 0 Å². The zero-order chi connectivity index (χ0) is 27.0. The Morgan fingerprint density at radius 3 is 1.39 bits per heavy atom. The van der Waals surface area contributed by atoms with Gasteiger partial charge < -0.3 is 14.7 Å². The number of unbranched alkanes of at least 4 members (excludes halogenated alkanes) is 20. The lowest BCUT2D eigenvalue weighted by atomic mass is 9.96. The molecule has 4 heteroatoms. The standard InChI is InChI=1S/C32H65NO3/c1-5-6-7-8-9-10-11-12-13-14-16-19-22-25-28-32(2,36)30-33(3,4)29-26-23-20-17-15-18-21-24-27-31(34)35/h36H,5-30H2,1-4H3/p+1. The number of carboxylic acid groups (broad SMARTS) is 1. The Kier molecular flexibility index (Phi) is 23.1. The summed E-state index contributed by atoms with van der Waals surface area (Å²) in [7, 11) is 4.53. The molecule has 0 spiro atoms. The van der Waals surface area contributed by atoms with Crippen LogP contribution in [0.25, 0.3) is 0 Å². The maximum atomic E-state index is 11.0. The van der Waals surface area contributed by atoms with E-state index in [1.807, 2.05) is 6.92 Å². The molecule has 0 aromatic rings. The van der Waals surface area contributed by atoms with E-state index in [4.69, 9.17) is 5.11 Å². The molecular formula is C32H66NO3+. The zero-order valence-electron chi connectivity index (χ0n) is 25.1. The van der Waals surface area contributed by atoms with Crippen LogP contribution in [0.4, 0.5) is 0 Å². The summed E-state index contributed by atoms with van der Waals surface area (Å²) < 4.78 is 0.904. The van der Waals surface area contributed by atoms with E-state index in [9.17, 15) is 9.90 Å². The van der Waals surface area contributed by atoms with Gasteiger partial charge in [0.15, 0.2) is 0 Å². The fourth-order valence-corrected chi connectivity index (χ4v) is 5.66. The Hall–Kier alpha value is -0.610. The van der Waals surface area contributed by atoms with Crippen LogP contribution in [-0.4, -0.2) is 53.5 Å². The molecule has 216 valence electrons. The molecule has 1 unspecified atom stereocenters. The Bertz CT molecular complexity index is 490. The van der Waals surface area contributed by atoms with Gasteiger partial charge in [-0.1, -0.05) is 129 Å². The molecule has 0 saturated carbocycles. The molecule has 0 aromatic carbocycles. The monoisotopic (exact) mass is 513 g/mol. The average molecular weight is 513 g/mol. The van der Waals surface area contributed by atoms with Gasteiger partial charge in [0.2, 0.25) is 0 Å². The molecule has 0 heterocycles. The number of carbonyl (C=O) groups is 1. The molecular weight excluding hydrogens is 446 g/mol. The van der Waals surface area contributed by atoms with Crippen LogP contribution < -0.4 is 0 Å². The minimum Gasteiger partial charge on any atom is -0.481 e. The highest BCUT2D eigenvalue weighted by Crippen LogP contribution is 2.21. The fraction of sp³-hybridized carbons (Fsp3) is 0.969. The number of quaternary nitrogens is 1. The van der Waals surface area contributed by atoms with Crippen LogP contribution >= 0.6 is 0 Å². The van der Waals surface area contributed by atoms with Crippen molar-refractivity contribution in [2.75, 3.05) is 27.2 Å². The first-order valence-corrected chi connectivity index (χ1v) is 15.9. The van der Waals surface area contributed by atoms with E-state index in [1.165, 1.54) is 116 Å². The van der Waals surface area contributed by atoms with Crippen molar-refractivity contribution in [3.8, 4) is 0 Å². The summed E-state index contributed by atoms with van der Waals surface area (Å²) in [5.74, 6) is -0.672. The van der Waals surface area contributed by atoms with E-state index < -0.39 is 11.6 Å². The van der Waals surface area contributed by atoms with E-state index in [-0.39, 0.29) is 0 Å². The molecule has 0 rings (SSSR count). The molecule has 0 bridgehead atoms. The number of likely N-dealkylation sites (N-methyl/N-ethyl adjacent to an activating group) is 1. The molecule has 1 atom stereocenters. The number of carboxylic acids is 1. The third kappa shape index (κ3) is 26.5. The van der Waals surface area contributed by atoms with E-state index in [0.29, 0.717) is 6.42 Å². The highest BCUT2D eigenvalue weighted by atomic mass is 16.4. The van der Waals surface area contributed by atoms with Gasteiger partial charge in [0.05, 0.1) is 20.6 Å². The molecule has 0 aromatic heterocycles. The molecule has 36 heavy (non-hydrogen) atoms. The van der Waals surface area contributed by atoms with Crippen molar-refractivity contribution < 1.29 is 19.5 Å². The first-order valence-electron chi connectivity index (χ1n) is 15.9. The number of hydrogen-bond donors (Lipinski definition) is 2. The van der Waals surface area contributed by atoms with Crippen LogP contribution in [0.15, 0.2) is 0 Å². The summed E-state index contributed by atoms with van der Waals surface area (Å²) in [6.07, 6.45) is 29.8. The Balaban J connectivity index is 3.60. The normalized spacial score (nSPS) is 13.7. The first kappa shape index (κ1) is 35.4. The number of rotatable bonds is 28. The van der Waals surface area contributed by atoms with Crippen molar-refractivity contribution >= 4 is 5.97 Å². The molecule has 0 aliphatic carbocycles. The summed E-state index contributed by atoms with van der Waals surface area (Å²) >= 11 is 0. The predicted octanol–water partition coefficient (Wildman–Crippen LogP) is 9.28. The number of aliphatic hydroxyl groups is 1. The molecule has 0 aliphatic heterocycles. The summed E-state index contributed by atoms with van der Waals surface area (Å²) in [5, 5.41) is 19.6. The molecule has 0 aliphatic rings. The van der Waals surface area contributed by atoms with Crippen LogP contribution in [0.3, 0.4) is 0 Å². The third-order valence-electron chi connectivity index (χ3n) is 7.74. The maximum absolute atomic E-state index is 11.0. The quantitative estimate of drug-likeness (QED) is 0.0811. The van der Waals surface area contributed by atoms with Gasteiger partial charge in [-0.2, -0.15) is 0 Å². The highest BCUT2D eigenvalue weighted by molar-refractivity contribution is 5.66. The van der Waals surface area contributed by atoms with E-state index in [1.54, 1.807) is 0 Å². The van der Waals surface area contributed by atoms with Gasteiger partial charge in [-0.25, -0.2) is 0 Å². The van der Waals surface area contributed by atoms with Gasteiger partial charge >= 0.3 is 5.97 Å². The van der Waals surface area contributed by atoms with Crippen molar-refractivity contribution in [3.05, 3.63) is 0 Å².